The third-order valence-electron chi connectivity index (χ3n) is 2.77. The lowest BCUT2D eigenvalue weighted by Crippen LogP contribution is -2.11. The smallest absolute Gasteiger partial charge is 0.322 e. The molecule has 3 aromatic rings. The van der Waals surface area contributed by atoms with E-state index in [-0.39, 0.29) is 11.9 Å². The van der Waals surface area contributed by atoms with Crippen LogP contribution >= 0.6 is 11.5 Å². The van der Waals surface area contributed by atoms with Crippen LogP contribution in [-0.4, -0.2) is 25.7 Å². The largest absolute Gasteiger partial charge is 0.403 e. The Morgan fingerprint density at radius 3 is 2.81 bits per heavy atom. The van der Waals surface area contributed by atoms with Gasteiger partial charge in [-0.05, 0) is 37.5 Å². The van der Waals surface area contributed by atoms with E-state index in [4.69, 9.17) is 4.42 Å². The number of nitrogens with one attached hydrogen (secondary N) is 1. The van der Waals surface area contributed by atoms with Gasteiger partial charge in [-0.25, -0.2) is 0 Å². The Morgan fingerprint density at radius 2 is 2.10 bits per heavy atom. The summed E-state index contributed by atoms with van der Waals surface area (Å²) >= 11 is 1.02. The molecule has 106 valence electrons. The number of carbonyl (C=O) groups excluding carboxylic acids is 1. The van der Waals surface area contributed by atoms with Gasteiger partial charge in [-0.2, -0.15) is 0 Å². The van der Waals surface area contributed by atoms with Crippen molar-refractivity contribution in [3.05, 3.63) is 40.4 Å². The lowest BCUT2D eigenvalue weighted by molar-refractivity contribution is 0.102. The topological polar surface area (TPSA) is 93.8 Å². The summed E-state index contributed by atoms with van der Waals surface area (Å²) in [6.07, 6.45) is 0. The summed E-state index contributed by atoms with van der Waals surface area (Å²) in [4.78, 5) is 12.4. The van der Waals surface area contributed by atoms with Crippen LogP contribution in [0.25, 0.3) is 11.5 Å². The number of aryl methyl sites for hydroxylation is 2. The van der Waals surface area contributed by atoms with Crippen molar-refractivity contribution in [1.82, 2.24) is 19.8 Å². The first-order valence-electron chi connectivity index (χ1n) is 6.14. The first-order chi connectivity index (χ1) is 10.1. The number of nitrogens with zero attached hydrogens (tertiary/aromatic N) is 4. The molecule has 7 nitrogen and oxygen atoms in total. The van der Waals surface area contributed by atoms with E-state index in [9.17, 15) is 4.79 Å². The molecular formula is C13H11N5O2S. The van der Waals surface area contributed by atoms with Gasteiger partial charge in [0, 0.05) is 5.56 Å². The van der Waals surface area contributed by atoms with Crippen LogP contribution in [-0.2, 0) is 0 Å². The predicted molar refractivity (Wildman–Crippen MR) is 77.1 cm³/mol. The van der Waals surface area contributed by atoms with E-state index in [1.807, 2.05) is 31.2 Å². The van der Waals surface area contributed by atoms with Crippen LogP contribution < -0.4 is 5.32 Å². The third-order valence-corrected chi connectivity index (χ3v) is 3.59. The monoisotopic (exact) mass is 301 g/mol. The average molecular weight is 301 g/mol. The molecule has 0 aliphatic heterocycles. The lowest BCUT2D eigenvalue weighted by atomic mass is 10.1. The molecular weight excluding hydrogens is 290 g/mol. The molecule has 0 spiro atoms. The molecule has 1 aromatic carbocycles. The van der Waals surface area contributed by atoms with Gasteiger partial charge in [0.1, 0.15) is 4.88 Å². The second-order valence-corrected chi connectivity index (χ2v) is 5.18. The molecule has 0 saturated carbocycles. The van der Waals surface area contributed by atoms with E-state index in [0.29, 0.717) is 16.5 Å². The van der Waals surface area contributed by atoms with Crippen LogP contribution in [0.2, 0.25) is 0 Å². The van der Waals surface area contributed by atoms with Gasteiger partial charge in [0.05, 0.1) is 5.69 Å². The minimum atomic E-state index is -0.359. The number of aromatic nitrogens is 4. The summed E-state index contributed by atoms with van der Waals surface area (Å²) in [5.41, 5.74) is 2.46. The molecule has 0 unspecified atom stereocenters. The first-order valence-corrected chi connectivity index (χ1v) is 6.91. The van der Waals surface area contributed by atoms with E-state index >= 15 is 0 Å². The summed E-state index contributed by atoms with van der Waals surface area (Å²) in [5, 5.41) is 14.1. The van der Waals surface area contributed by atoms with Gasteiger partial charge in [0.15, 0.2) is 0 Å². The standard InChI is InChI=1S/C13H11N5O2S/c1-7-4-3-5-9(6-7)12-16-17-13(20-12)14-11(19)10-8(2)15-18-21-10/h3-6H,1-2H3,(H,14,17,19). The highest BCUT2D eigenvalue weighted by molar-refractivity contribution is 7.08. The second-order valence-electron chi connectivity index (χ2n) is 4.42. The normalized spacial score (nSPS) is 10.6. The summed E-state index contributed by atoms with van der Waals surface area (Å²) in [6, 6.07) is 7.71. The molecule has 3 rings (SSSR count). The fraction of sp³-hybridized carbons (Fsp3) is 0.154. The van der Waals surface area contributed by atoms with Gasteiger partial charge < -0.3 is 4.42 Å². The molecule has 1 N–H and O–H groups in total. The summed E-state index contributed by atoms with van der Waals surface area (Å²) in [6.45, 7) is 3.69. The van der Waals surface area contributed by atoms with Crippen LogP contribution in [0.15, 0.2) is 28.7 Å². The molecule has 0 aliphatic rings. The zero-order valence-corrected chi connectivity index (χ0v) is 12.1. The molecule has 8 heteroatoms. The van der Waals surface area contributed by atoms with Crippen molar-refractivity contribution in [3.8, 4) is 11.5 Å². The van der Waals surface area contributed by atoms with Crippen molar-refractivity contribution in [3.63, 3.8) is 0 Å². The third kappa shape index (κ3) is 2.79. The van der Waals surface area contributed by atoms with Crippen molar-refractivity contribution >= 4 is 23.5 Å². The molecule has 2 heterocycles. The molecule has 0 aliphatic carbocycles. The van der Waals surface area contributed by atoms with Crippen LogP contribution in [0.5, 0.6) is 0 Å². The van der Waals surface area contributed by atoms with Gasteiger partial charge in [-0.1, -0.05) is 27.3 Å². The quantitative estimate of drug-likeness (QED) is 0.798. The Morgan fingerprint density at radius 1 is 1.24 bits per heavy atom. The second kappa shape index (κ2) is 5.41. The molecule has 0 radical (unpaired) electrons. The van der Waals surface area contributed by atoms with E-state index in [0.717, 1.165) is 22.7 Å². The van der Waals surface area contributed by atoms with Crippen LogP contribution in [0, 0.1) is 13.8 Å². The maximum absolute atomic E-state index is 12.0. The maximum Gasteiger partial charge on any atom is 0.322 e. The number of benzene rings is 1. The fourth-order valence-electron chi connectivity index (χ4n) is 1.76. The highest BCUT2D eigenvalue weighted by Gasteiger charge is 2.16. The van der Waals surface area contributed by atoms with Gasteiger partial charge in [-0.15, -0.1) is 10.2 Å². The van der Waals surface area contributed by atoms with Crippen LogP contribution in [0.3, 0.4) is 0 Å². The minimum absolute atomic E-state index is 0.0457. The highest BCUT2D eigenvalue weighted by atomic mass is 32.1. The minimum Gasteiger partial charge on any atom is -0.403 e. The number of amides is 1. The van der Waals surface area contributed by atoms with Crippen molar-refractivity contribution in [2.24, 2.45) is 0 Å². The summed E-state index contributed by atoms with van der Waals surface area (Å²) in [5.74, 6) is -0.00454. The average Bonchev–Trinajstić information content (AvgIpc) is 3.08. The Labute approximate surface area is 124 Å². The molecule has 0 bridgehead atoms. The molecule has 0 atom stereocenters. The Kier molecular flexibility index (Phi) is 3.44. The van der Waals surface area contributed by atoms with Gasteiger partial charge in [-0.3, -0.25) is 10.1 Å². The number of hydrogen-bond donors (Lipinski definition) is 1. The molecule has 21 heavy (non-hydrogen) atoms. The van der Waals surface area contributed by atoms with Crippen molar-refractivity contribution in [2.45, 2.75) is 13.8 Å². The van der Waals surface area contributed by atoms with Crippen LogP contribution in [0.4, 0.5) is 6.01 Å². The molecule has 1 amide bonds. The number of hydrogen-bond acceptors (Lipinski definition) is 7. The molecule has 0 saturated heterocycles. The van der Waals surface area contributed by atoms with E-state index < -0.39 is 0 Å². The van der Waals surface area contributed by atoms with Crippen molar-refractivity contribution < 1.29 is 9.21 Å². The van der Waals surface area contributed by atoms with Gasteiger partial charge in [0.25, 0.3) is 5.91 Å². The predicted octanol–water partition coefficient (Wildman–Crippen LogP) is 2.46. The number of rotatable bonds is 3. The fourth-order valence-corrected chi connectivity index (χ4v) is 2.31. The highest BCUT2D eigenvalue weighted by Crippen LogP contribution is 2.21. The molecule has 0 fully saturated rings. The zero-order chi connectivity index (χ0) is 14.8. The Hall–Kier alpha value is -2.61. The number of carbonyl (C=O) groups is 1. The SMILES string of the molecule is Cc1cccc(-c2nnc(NC(=O)c3snnc3C)o2)c1. The summed E-state index contributed by atoms with van der Waals surface area (Å²) < 4.78 is 9.15. The maximum atomic E-state index is 12.0. The van der Waals surface area contributed by atoms with E-state index in [2.05, 4.69) is 25.1 Å². The van der Waals surface area contributed by atoms with E-state index in [1.165, 1.54) is 0 Å². The Bertz CT molecular complexity index is 795. The Balaban J connectivity index is 1.80. The lowest BCUT2D eigenvalue weighted by Gasteiger charge is -1.97. The zero-order valence-electron chi connectivity index (χ0n) is 11.3. The number of anilines is 1. The summed E-state index contributed by atoms with van der Waals surface area (Å²) in [7, 11) is 0. The van der Waals surface area contributed by atoms with Crippen molar-refractivity contribution in [1.29, 1.82) is 0 Å². The van der Waals surface area contributed by atoms with E-state index in [1.54, 1.807) is 6.92 Å². The van der Waals surface area contributed by atoms with Crippen molar-refractivity contribution in [2.75, 3.05) is 5.32 Å². The molecule has 2 aromatic heterocycles. The van der Waals surface area contributed by atoms with Crippen LogP contribution in [0.1, 0.15) is 20.9 Å². The first kappa shape index (κ1) is 13.4. The van der Waals surface area contributed by atoms with Gasteiger partial charge in [0.2, 0.25) is 5.89 Å². The van der Waals surface area contributed by atoms with Gasteiger partial charge >= 0.3 is 6.01 Å².